The largest absolute Gasteiger partial charge is 0.618 e. The Kier molecular flexibility index (Phi) is 18.7. The van der Waals surface area contributed by atoms with Crippen LogP contribution in [0.1, 0.15) is 144 Å². The van der Waals surface area contributed by atoms with Crippen molar-refractivity contribution in [2.75, 3.05) is 21.3 Å². The zero-order valence-corrected chi connectivity index (χ0v) is 39.3. The molecule has 0 aliphatic heterocycles. The van der Waals surface area contributed by atoms with E-state index in [0.717, 1.165) is 37.0 Å². The van der Waals surface area contributed by atoms with Crippen LogP contribution in [0.2, 0.25) is 0 Å². The lowest BCUT2D eigenvalue weighted by molar-refractivity contribution is -0.577. The molecule has 7 rings (SSSR count). The summed E-state index contributed by atoms with van der Waals surface area (Å²) in [6.45, 7) is 14.2. The number of para-hydroxylation sites is 1. The van der Waals surface area contributed by atoms with Crippen molar-refractivity contribution in [2.45, 2.75) is 105 Å². The molecular weight excluding hydrogens is 831 g/mol. The van der Waals surface area contributed by atoms with Gasteiger partial charge in [-0.15, -0.1) is 0 Å². The van der Waals surface area contributed by atoms with Gasteiger partial charge in [0.25, 0.3) is 0 Å². The van der Waals surface area contributed by atoms with Gasteiger partial charge in [0, 0.05) is 129 Å². The van der Waals surface area contributed by atoms with Gasteiger partial charge in [-0.25, -0.2) is 0 Å². The van der Waals surface area contributed by atoms with Gasteiger partial charge in [0.1, 0.15) is 46.0 Å². The highest BCUT2D eigenvalue weighted by atomic mass is 16.5. The summed E-state index contributed by atoms with van der Waals surface area (Å²) in [7, 11) is 3.00. The molecule has 0 unspecified atom stereocenters. The smallest absolute Gasteiger partial charge is 0.223 e. The Morgan fingerprint density at radius 3 is 0.815 bits per heavy atom. The minimum atomic E-state index is -0.565. The molecule has 1 aliphatic rings. The molecule has 1 aliphatic carbocycles. The van der Waals surface area contributed by atoms with Gasteiger partial charge in [0.15, 0.2) is 6.20 Å². The summed E-state index contributed by atoms with van der Waals surface area (Å²) in [5.41, 5.74) is 5.51. The third kappa shape index (κ3) is 9.82. The molecule has 0 atom stereocenters. The summed E-state index contributed by atoms with van der Waals surface area (Å²) in [4.78, 5) is 0. The van der Waals surface area contributed by atoms with E-state index in [1.807, 2.05) is 58.0 Å². The molecular formula is C52H67NO12. The lowest BCUT2D eigenvalue weighted by atomic mass is 9.76. The number of nitrogens with zero attached hydrogens (tertiary/aromatic N) is 1. The molecule has 0 amide bonds. The average Bonchev–Trinajstić information content (AvgIpc) is 3.33. The zero-order chi connectivity index (χ0) is 49.2. The predicted molar refractivity (Wildman–Crippen MR) is 254 cm³/mol. The summed E-state index contributed by atoms with van der Waals surface area (Å²) in [5, 5.41) is 125. The summed E-state index contributed by atoms with van der Waals surface area (Å²) in [6.07, 6.45) is 3.29. The zero-order valence-electron chi connectivity index (χ0n) is 39.3. The van der Waals surface area contributed by atoms with Crippen molar-refractivity contribution < 1.29 is 60.9 Å². The molecule has 1 heterocycles. The number of phenols is 8. The number of aliphatic hydroxyl groups excluding tert-OH is 3. The van der Waals surface area contributed by atoms with Crippen molar-refractivity contribution in [2.24, 2.45) is 0 Å². The summed E-state index contributed by atoms with van der Waals surface area (Å²) in [5.74, 6) is -3.21. The first-order chi connectivity index (χ1) is 31.0. The van der Waals surface area contributed by atoms with Gasteiger partial charge >= 0.3 is 0 Å². The molecule has 8 bridgehead atoms. The number of hydrogen-bond donors (Lipinski definition) is 11. The van der Waals surface area contributed by atoms with Crippen LogP contribution in [0.5, 0.6) is 46.0 Å². The summed E-state index contributed by atoms with van der Waals surface area (Å²) in [6, 6.07) is 18.1. The minimum Gasteiger partial charge on any atom is -0.618 e. The molecule has 5 aromatic carbocycles. The van der Waals surface area contributed by atoms with Crippen LogP contribution < -0.4 is 4.73 Å². The van der Waals surface area contributed by atoms with Gasteiger partial charge in [-0.05, 0) is 89.8 Å². The highest BCUT2D eigenvalue weighted by Crippen LogP contribution is 2.54. The Morgan fingerprint density at radius 1 is 0.385 bits per heavy atom. The van der Waals surface area contributed by atoms with Crippen molar-refractivity contribution in [3.05, 3.63) is 139 Å². The predicted octanol–water partition coefficient (Wildman–Crippen LogP) is 9.34. The normalized spacial score (nSPS) is 16.0. The van der Waals surface area contributed by atoms with E-state index in [-0.39, 0.29) is 68.2 Å². The number of benzene rings is 5. The fourth-order valence-electron chi connectivity index (χ4n) is 9.09. The molecule has 65 heavy (non-hydrogen) atoms. The first-order valence-electron chi connectivity index (χ1n) is 21.7. The fraction of sp³-hybridized carbons (Fsp3) is 0.365. The van der Waals surface area contributed by atoms with Gasteiger partial charge in [-0.3, -0.25) is 0 Å². The maximum absolute atomic E-state index is 11.5. The Morgan fingerprint density at radius 2 is 0.600 bits per heavy atom. The quantitative estimate of drug-likeness (QED) is 0.0585. The number of rotatable bonds is 4. The van der Waals surface area contributed by atoms with Crippen LogP contribution in [0.25, 0.3) is 10.9 Å². The van der Waals surface area contributed by atoms with Gasteiger partial charge in [0.05, 0.1) is 0 Å². The highest BCUT2D eigenvalue weighted by Gasteiger charge is 2.34. The SMILES string of the molecule is CCC1c2cc(c(O)c(C)c2O)C(CC)c2cc(c(O)c(C)c2O)C(CC)c2cc(c(O)c(C)c2O)C(CC)c2cc1c(O)c(C)c2O.CO.CO.CO.[O-][n+]1cccc2ccccc21. The topological polar surface area (TPSA) is 249 Å². The lowest BCUT2D eigenvalue weighted by Gasteiger charge is -2.30. The maximum Gasteiger partial charge on any atom is 0.223 e. The molecule has 13 heteroatoms. The molecule has 0 fully saturated rings. The molecule has 11 N–H and O–H groups in total. The van der Waals surface area contributed by atoms with Gasteiger partial charge in [-0.1, -0.05) is 39.8 Å². The number of aromatic nitrogens is 1. The van der Waals surface area contributed by atoms with E-state index in [1.165, 1.54) is 6.20 Å². The van der Waals surface area contributed by atoms with Crippen molar-refractivity contribution in [3.63, 3.8) is 0 Å². The first-order valence-corrected chi connectivity index (χ1v) is 21.7. The monoisotopic (exact) mass is 897 g/mol. The van der Waals surface area contributed by atoms with Crippen LogP contribution in [-0.4, -0.2) is 77.5 Å². The fourth-order valence-corrected chi connectivity index (χ4v) is 9.09. The Bertz CT molecular complexity index is 2190. The molecule has 0 spiro atoms. The molecule has 0 saturated heterocycles. The van der Waals surface area contributed by atoms with Crippen molar-refractivity contribution in [3.8, 4) is 46.0 Å². The van der Waals surface area contributed by atoms with Crippen molar-refractivity contribution >= 4 is 10.9 Å². The number of pyridine rings is 1. The standard InChI is InChI=1S/C40H48O8.C9H7NO.3CH4O/c1-9-21-25-13-27(35(43)17(5)33(25)41)22(10-2)29-15-31(39(47)19(7)37(29)45)24(12-4)32-16-30(38(46)20(8)40(32)48)23(11-3)28-14-26(21)34(42)18(6)36(28)44;11-10-7-3-5-8-4-1-2-6-9(8)10;3*1-2/h13-16,21-24,41-48H,9-12H2,1-8H3;1-7H;3*2H,1H3. The molecule has 0 saturated carbocycles. The number of fused-ring (bicyclic) bond motifs is 9. The summed E-state index contributed by atoms with van der Waals surface area (Å²) < 4.78 is 0.870. The van der Waals surface area contributed by atoms with E-state index in [1.54, 1.807) is 58.0 Å². The molecule has 352 valence electrons. The van der Waals surface area contributed by atoms with Crippen LogP contribution in [0.4, 0.5) is 0 Å². The second kappa shape index (κ2) is 23.0. The third-order valence-electron chi connectivity index (χ3n) is 12.6. The third-order valence-corrected chi connectivity index (χ3v) is 12.6. The van der Waals surface area contributed by atoms with Gasteiger partial charge in [-0.2, -0.15) is 4.73 Å². The van der Waals surface area contributed by atoms with Crippen LogP contribution in [0.3, 0.4) is 0 Å². The minimum absolute atomic E-state index is 0.118. The van der Waals surface area contributed by atoms with E-state index in [0.29, 0.717) is 70.2 Å². The van der Waals surface area contributed by atoms with Crippen LogP contribution in [-0.2, 0) is 0 Å². The van der Waals surface area contributed by atoms with Crippen molar-refractivity contribution in [1.82, 2.24) is 0 Å². The molecule has 1 aromatic heterocycles. The number of aliphatic hydroxyl groups is 3. The summed E-state index contributed by atoms with van der Waals surface area (Å²) >= 11 is 0. The molecule has 6 aromatic rings. The van der Waals surface area contributed by atoms with Crippen LogP contribution in [0.15, 0.2) is 66.9 Å². The Labute approximate surface area is 381 Å². The van der Waals surface area contributed by atoms with Crippen molar-refractivity contribution in [1.29, 1.82) is 0 Å². The maximum atomic E-state index is 11.5. The lowest BCUT2D eigenvalue weighted by Crippen LogP contribution is -2.25. The average molecular weight is 898 g/mol. The second-order valence-corrected chi connectivity index (χ2v) is 15.7. The molecule has 0 radical (unpaired) electrons. The van der Waals surface area contributed by atoms with E-state index in [9.17, 15) is 46.1 Å². The number of aromatic hydroxyl groups is 8. The highest BCUT2D eigenvalue weighted by molar-refractivity contribution is 5.75. The Hall–Kier alpha value is -6.41. The number of phenolic OH excluding ortho intramolecular Hbond substituents is 8. The van der Waals surface area contributed by atoms with Gasteiger partial charge in [0.2, 0.25) is 5.52 Å². The second-order valence-electron chi connectivity index (χ2n) is 15.7. The van der Waals surface area contributed by atoms with Crippen LogP contribution in [0, 0.1) is 32.9 Å². The van der Waals surface area contributed by atoms with E-state index in [4.69, 9.17) is 15.3 Å². The van der Waals surface area contributed by atoms with E-state index < -0.39 is 23.7 Å². The Balaban J connectivity index is 0.000000558. The van der Waals surface area contributed by atoms with Crippen LogP contribution >= 0.6 is 0 Å². The molecule has 13 nitrogen and oxygen atoms in total. The van der Waals surface area contributed by atoms with E-state index in [2.05, 4.69) is 0 Å². The van der Waals surface area contributed by atoms with Gasteiger partial charge < -0.3 is 61.4 Å². The number of hydrogen-bond acceptors (Lipinski definition) is 12. The first kappa shape index (κ1) is 52.9. The van der Waals surface area contributed by atoms with E-state index >= 15 is 0 Å².